The fourth-order valence-electron chi connectivity index (χ4n) is 1.84. The van der Waals surface area contributed by atoms with Gasteiger partial charge in [-0.05, 0) is 17.9 Å². The van der Waals surface area contributed by atoms with Crippen molar-refractivity contribution in [3.8, 4) is 0 Å². The Morgan fingerprint density at radius 2 is 1.94 bits per heavy atom. The molecule has 0 heterocycles. The lowest BCUT2D eigenvalue weighted by Gasteiger charge is -2.18. The van der Waals surface area contributed by atoms with Crippen molar-refractivity contribution >= 4 is 5.91 Å². The first-order valence-corrected chi connectivity index (χ1v) is 6.15. The van der Waals surface area contributed by atoms with E-state index in [0.717, 1.165) is 12.0 Å². The number of carbonyl (C=O) groups excluding carboxylic acids is 1. The number of hydrogen-bond acceptors (Lipinski definition) is 2. The van der Waals surface area contributed by atoms with Crippen LogP contribution in [-0.4, -0.2) is 18.5 Å². The predicted octanol–water partition coefficient (Wildman–Crippen LogP) is 1.72. The molecular weight excluding hydrogens is 212 g/mol. The fraction of sp³-hybridized carbons (Fsp3) is 0.500. The number of rotatable bonds is 6. The van der Waals surface area contributed by atoms with Crippen LogP contribution in [0.15, 0.2) is 30.3 Å². The molecule has 3 nitrogen and oxygen atoms in total. The van der Waals surface area contributed by atoms with Gasteiger partial charge < -0.3 is 11.1 Å². The van der Waals surface area contributed by atoms with Crippen molar-refractivity contribution in [2.45, 2.75) is 32.7 Å². The highest BCUT2D eigenvalue weighted by atomic mass is 16.1. The Labute approximate surface area is 103 Å². The van der Waals surface area contributed by atoms with Crippen molar-refractivity contribution in [2.75, 3.05) is 6.54 Å². The van der Waals surface area contributed by atoms with E-state index in [-0.39, 0.29) is 11.9 Å². The Morgan fingerprint density at radius 1 is 1.29 bits per heavy atom. The Hall–Kier alpha value is -1.35. The lowest BCUT2D eigenvalue weighted by atomic mass is 10.0. The van der Waals surface area contributed by atoms with Crippen molar-refractivity contribution in [2.24, 2.45) is 11.7 Å². The molecule has 1 amide bonds. The van der Waals surface area contributed by atoms with E-state index in [1.165, 1.54) is 0 Å². The molecule has 1 unspecified atom stereocenters. The van der Waals surface area contributed by atoms with Gasteiger partial charge in [-0.2, -0.15) is 0 Å². The minimum absolute atomic E-state index is 0.0484. The van der Waals surface area contributed by atoms with Gasteiger partial charge in [0.1, 0.15) is 0 Å². The van der Waals surface area contributed by atoms with Gasteiger partial charge in [-0.3, -0.25) is 4.79 Å². The Morgan fingerprint density at radius 3 is 2.47 bits per heavy atom. The Bertz CT molecular complexity index is 335. The quantitative estimate of drug-likeness (QED) is 0.787. The maximum absolute atomic E-state index is 11.8. The van der Waals surface area contributed by atoms with Crippen molar-refractivity contribution in [1.82, 2.24) is 5.32 Å². The topological polar surface area (TPSA) is 55.1 Å². The van der Waals surface area contributed by atoms with E-state index in [1.54, 1.807) is 0 Å². The summed E-state index contributed by atoms with van der Waals surface area (Å²) in [4.78, 5) is 11.8. The van der Waals surface area contributed by atoms with Crippen LogP contribution in [0.5, 0.6) is 0 Å². The summed E-state index contributed by atoms with van der Waals surface area (Å²) in [5.41, 5.74) is 6.68. The fourth-order valence-corrected chi connectivity index (χ4v) is 1.84. The minimum atomic E-state index is 0.0484. The van der Waals surface area contributed by atoms with Crippen LogP contribution in [0.3, 0.4) is 0 Å². The van der Waals surface area contributed by atoms with Crippen LogP contribution in [0.25, 0.3) is 0 Å². The zero-order valence-electron chi connectivity index (χ0n) is 10.6. The SMILES string of the molecule is CC(C)CC(CN)NC(=O)Cc1ccccc1. The zero-order chi connectivity index (χ0) is 12.7. The lowest BCUT2D eigenvalue weighted by Crippen LogP contribution is -2.41. The zero-order valence-corrected chi connectivity index (χ0v) is 10.6. The van der Waals surface area contributed by atoms with Gasteiger partial charge in [0.05, 0.1) is 6.42 Å². The first kappa shape index (κ1) is 13.7. The summed E-state index contributed by atoms with van der Waals surface area (Å²) in [5, 5.41) is 2.98. The number of benzene rings is 1. The summed E-state index contributed by atoms with van der Waals surface area (Å²) in [6, 6.07) is 9.84. The van der Waals surface area contributed by atoms with Crippen molar-refractivity contribution < 1.29 is 4.79 Å². The van der Waals surface area contributed by atoms with E-state index in [2.05, 4.69) is 19.2 Å². The van der Waals surface area contributed by atoms with E-state index in [1.807, 2.05) is 30.3 Å². The molecule has 0 aromatic heterocycles. The van der Waals surface area contributed by atoms with E-state index < -0.39 is 0 Å². The summed E-state index contributed by atoms with van der Waals surface area (Å²) in [6.07, 6.45) is 1.35. The molecule has 0 aliphatic heterocycles. The molecule has 94 valence electrons. The molecule has 0 bridgehead atoms. The average molecular weight is 234 g/mol. The van der Waals surface area contributed by atoms with E-state index in [4.69, 9.17) is 5.73 Å². The highest BCUT2D eigenvalue weighted by molar-refractivity contribution is 5.78. The van der Waals surface area contributed by atoms with Crippen LogP contribution < -0.4 is 11.1 Å². The molecule has 0 fully saturated rings. The van der Waals surface area contributed by atoms with Gasteiger partial charge in [-0.15, -0.1) is 0 Å². The predicted molar refractivity (Wildman–Crippen MR) is 70.6 cm³/mol. The van der Waals surface area contributed by atoms with E-state index >= 15 is 0 Å². The number of nitrogens with one attached hydrogen (secondary N) is 1. The highest BCUT2D eigenvalue weighted by Gasteiger charge is 2.12. The third-order valence-corrected chi connectivity index (χ3v) is 2.61. The van der Waals surface area contributed by atoms with Crippen LogP contribution >= 0.6 is 0 Å². The number of nitrogens with two attached hydrogens (primary N) is 1. The van der Waals surface area contributed by atoms with E-state index in [9.17, 15) is 4.79 Å². The smallest absolute Gasteiger partial charge is 0.224 e. The third kappa shape index (κ3) is 5.50. The van der Waals surface area contributed by atoms with Gasteiger partial charge in [0.25, 0.3) is 0 Å². The summed E-state index contributed by atoms with van der Waals surface area (Å²) in [6.45, 7) is 4.76. The van der Waals surface area contributed by atoms with Crippen LogP contribution in [0.4, 0.5) is 0 Å². The molecular formula is C14H22N2O. The van der Waals surface area contributed by atoms with Crippen LogP contribution in [-0.2, 0) is 11.2 Å². The Kier molecular flexibility index (Phi) is 5.70. The second-order valence-electron chi connectivity index (χ2n) is 4.79. The molecule has 17 heavy (non-hydrogen) atoms. The van der Waals surface area contributed by atoms with Crippen LogP contribution in [0.2, 0.25) is 0 Å². The number of amides is 1. The van der Waals surface area contributed by atoms with Gasteiger partial charge in [0, 0.05) is 12.6 Å². The minimum Gasteiger partial charge on any atom is -0.352 e. The molecule has 3 N–H and O–H groups in total. The lowest BCUT2D eigenvalue weighted by molar-refractivity contribution is -0.121. The molecule has 0 aliphatic rings. The molecule has 0 spiro atoms. The average Bonchev–Trinajstić information content (AvgIpc) is 2.28. The summed E-state index contributed by atoms with van der Waals surface area (Å²) < 4.78 is 0. The molecule has 3 heteroatoms. The van der Waals surface area contributed by atoms with Crippen molar-refractivity contribution in [3.63, 3.8) is 0 Å². The second kappa shape index (κ2) is 7.07. The number of hydrogen-bond donors (Lipinski definition) is 2. The maximum Gasteiger partial charge on any atom is 0.224 e. The maximum atomic E-state index is 11.8. The molecule has 0 aliphatic carbocycles. The number of carbonyl (C=O) groups is 1. The van der Waals surface area contributed by atoms with E-state index in [0.29, 0.717) is 18.9 Å². The van der Waals surface area contributed by atoms with Gasteiger partial charge in [-0.1, -0.05) is 44.2 Å². The summed E-state index contributed by atoms with van der Waals surface area (Å²) in [5.74, 6) is 0.591. The highest BCUT2D eigenvalue weighted by Crippen LogP contribution is 2.05. The monoisotopic (exact) mass is 234 g/mol. The normalized spacial score (nSPS) is 12.5. The molecule has 0 radical (unpaired) electrons. The van der Waals surface area contributed by atoms with Crippen LogP contribution in [0.1, 0.15) is 25.8 Å². The second-order valence-corrected chi connectivity index (χ2v) is 4.79. The molecule has 0 saturated heterocycles. The first-order valence-electron chi connectivity index (χ1n) is 6.15. The van der Waals surface area contributed by atoms with Gasteiger partial charge >= 0.3 is 0 Å². The molecule has 0 saturated carbocycles. The van der Waals surface area contributed by atoms with Gasteiger partial charge in [0.2, 0.25) is 5.91 Å². The van der Waals surface area contributed by atoms with Gasteiger partial charge in [0.15, 0.2) is 0 Å². The summed E-state index contributed by atoms with van der Waals surface area (Å²) >= 11 is 0. The van der Waals surface area contributed by atoms with Crippen molar-refractivity contribution in [3.05, 3.63) is 35.9 Å². The summed E-state index contributed by atoms with van der Waals surface area (Å²) in [7, 11) is 0. The molecule has 1 aromatic rings. The molecule has 1 atom stereocenters. The Balaban J connectivity index is 2.43. The van der Waals surface area contributed by atoms with Crippen LogP contribution in [0, 0.1) is 5.92 Å². The third-order valence-electron chi connectivity index (χ3n) is 2.61. The standard InChI is InChI=1S/C14H22N2O/c1-11(2)8-13(10-15)16-14(17)9-12-6-4-3-5-7-12/h3-7,11,13H,8-10,15H2,1-2H3,(H,16,17). The van der Waals surface area contributed by atoms with Gasteiger partial charge in [-0.25, -0.2) is 0 Å². The largest absolute Gasteiger partial charge is 0.352 e. The molecule has 1 aromatic carbocycles. The molecule has 1 rings (SSSR count). The first-order chi connectivity index (χ1) is 8.11. The van der Waals surface area contributed by atoms with Crippen molar-refractivity contribution in [1.29, 1.82) is 0 Å².